The van der Waals surface area contributed by atoms with Crippen LogP contribution in [0, 0.1) is 5.82 Å². The van der Waals surface area contributed by atoms with Crippen LogP contribution in [0.25, 0.3) is 11.1 Å². The van der Waals surface area contributed by atoms with Crippen LogP contribution >= 0.6 is 11.6 Å². The first-order valence-electron chi connectivity index (χ1n) is 11.0. The summed E-state index contributed by atoms with van der Waals surface area (Å²) in [4.78, 5) is 13.6. The molecule has 0 aliphatic carbocycles. The van der Waals surface area contributed by atoms with Crippen molar-refractivity contribution >= 4 is 27.7 Å². The zero-order chi connectivity index (χ0) is 26.2. The van der Waals surface area contributed by atoms with Gasteiger partial charge in [0, 0.05) is 10.6 Å². The lowest BCUT2D eigenvalue weighted by Gasteiger charge is -2.30. The predicted octanol–water partition coefficient (Wildman–Crippen LogP) is 5.25. The van der Waals surface area contributed by atoms with E-state index in [1.807, 2.05) is 4.72 Å². The number of benzene rings is 2. The molecule has 2 atom stereocenters. The number of nitrogens with zero attached hydrogens (tertiary/aromatic N) is 1. The number of nitrogens with one attached hydrogen (secondary N) is 1. The lowest BCUT2D eigenvalue weighted by molar-refractivity contribution is -0.0122. The first-order valence-corrected chi connectivity index (χ1v) is 13.1. The Bertz CT molecular complexity index is 1200. The number of halogens is 4. The Morgan fingerprint density at radius 2 is 1.89 bits per heavy atom. The van der Waals surface area contributed by atoms with Crippen molar-refractivity contribution in [2.75, 3.05) is 12.3 Å². The van der Waals surface area contributed by atoms with Gasteiger partial charge in [0.15, 0.2) is 0 Å². The third-order valence-electron chi connectivity index (χ3n) is 5.58. The Morgan fingerprint density at radius 1 is 1.23 bits per heavy atom. The van der Waals surface area contributed by atoms with Crippen molar-refractivity contribution in [3.63, 3.8) is 0 Å². The van der Waals surface area contributed by atoms with Crippen LogP contribution in [0.3, 0.4) is 0 Å². The largest absolute Gasteiger partial charge is 0.444 e. The molecule has 0 unspecified atom stereocenters. The van der Waals surface area contributed by atoms with Gasteiger partial charge in [0.25, 0.3) is 5.92 Å². The second kappa shape index (κ2) is 9.99. The Labute approximate surface area is 208 Å². The maximum absolute atomic E-state index is 15.6. The van der Waals surface area contributed by atoms with Crippen molar-refractivity contribution < 1.29 is 31.1 Å². The van der Waals surface area contributed by atoms with E-state index in [4.69, 9.17) is 16.3 Å². The fourth-order valence-electron chi connectivity index (χ4n) is 3.94. The highest BCUT2D eigenvalue weighted by Gasteiger charge is 2.57. The summed E-state index contributed by atoms with van der Waals surface area (Å²) in [5, 5.41) is 0.396. The van der Waals surface area contributed by atoms with Gasteiger partial charge in [-0.25, -0.2) is 31.1 Å². The Balaban J connectivity index is 2.04. The second-order valence-electron chi connectivity index (χ2n) is 9.43. The van der Waals surface area contributed by atoms with Crippen LogP contribution in [-0.2, 0) is 21.2 Å². The number of sulfonamides is 1. The van der Waals surface area contributed by atoms with Gasteiger partial charge in [-0.05, 0) is 57.4 Å². The molecule has 1 heterocycles. The monoisotopic (exact) mass is 532 g/mol. The molecule has 1 saturated heterocycles. The molecule has 0 spiro atoms. The van der Waals surface area contributed by atoms with Crippen LogP contribution in [0.5, 0.6) is 0 Å². The number of hydrogen-bond acceptors (Lipinski definition) is 4. The zero-order valence-corrected chi connectivity index (χ0v) is 21.4. The van der Waals surface area contributed by atoms with Gasteiger partial charge in [-0.1, -0.05) is 41.9 Å². The molecule has 2 aromatic rings. The fourth-order valence-corrected chi connectivity index (χ4v) is 5.01. The van der Waals surface area contributed by atoms with Crippen molar-refractivity contribution in [3.8, 4) is 11.1 Å². The molecule has 1 aliphatic rings. The molecule has 0 saturated carbocycles. The van der Waals surface area contributed by atoms with E-state index in [-0.39, 0.29) is 17.5 Å². The zero-order valence-electron chi connectivity index (χ0n) is 19.8. The molecule has 0 bridgehead atoms. The second-order valence-corrected chi connectivity index (χ2v) is 11.9. The molecule has 3 rings (SSSR count). The van der Waals surface area contributed by atoms with E-state index in [9.17, 15) is 13.2 Å². The topological polar surface area (TPSA) is 75.7 Å². The maximum Gasteiger partial charge on any atom is 0.410 e. The number of amides is 1. The normalized spacial score (nSPS) is 20.2. The quantitative estimate of drug-likeness (QED) is 0.551. The van der Waals surface area contributed by atoms with E-state index in [0.29, 0.717) is 10.6 Å². The minimum absolute atomic E-state index is 0.0411. The van der Waals surface area contributed by atoms with E-state index in [1.54, 1.807) is 51.1 Å². The van der Waals surface area contributed by atoms with Crippen LogP contribution in [0.4, 0.5) is 18.0 Å². The summed E-state index contributed by atoms with van der Waals surface area (Å²) in [5.74, 6) is -4.71. The van der Waals surface area contributed by atoms with Crippen molar-refractivity contribution in [3.05, 3.63) is 58.9 Å². The molecule has 1 N–H and O–H groups in total. The Hall–Kier alpha value is -2.30. The van der Waals surface area contributed by atoms with Crippen LogP contribution in [0.1, 0.15) is 33.3 Å². The van der Waals surface area contributed by atoms with Gasteiger partial charge in [0.1, 0.15) is 17.5 Å². The fraction of sp³-hybridized carbons (Fsp3) is 0.458. The summed E-state index contributed by atoms with van der Waals surface area (Å²) in [5.41, 5.74) is -0.250. The number of rotatable bonds is 6. The average Bonchev–Trinajstić information content (AvgIpc) is 2.98. The van der Waals surface area contributed by atoms with E-state index in [0.717, 1.165) is 4.90 Å². The van der Waals surface area contributed by atoms with Gasteiger partial charge in [0.2, 0.25) is 10.0 Å². The minimum Gasteiger partial charge on any atom is -0.444 e. The minimum atomic E-state index is -4.07. The molecule has 192 valence electrons. The highest BCUT2D eigenvalue weighted by molar-refractivity contribution is 7.89. The van der Waals surface area contributed by atoms with E-state index >= 15 is 13.2 Å². The molecule has 6 nitrogen and oxygen atoms in total. The van der Waals surface area contributed by atoms with Gasteiger partial charge in [-0.15, -0.1) is 0 Å². The standard InChI is InChI=1S/C24H28ClF3N2O4S/c1-5-35(32,33)29-21-19(30(14-24(21,27)28)22(31)34-23(2,3)4)13-16-9-7-11-18(20(16)26)15-8-6-10-17(25)12-15/h6-12,19,21,29H,5,13-14H2,1-4H3/t19-,21+/m0/s1. The van der Waals surface area contributed by atoms with Gasteiger partial charge in [0.05, 0.1) is 18.3 Å². The maximum atomic E-state index is 15.6. The molecule has 1 amide bonds. The first-order chi connectivity index (χ1) is 16.1. The van der Waals surface area contributed by atoms with E-state index < -0.39 is 57.8 Å². The molecule has 0 aromatic heterocycles. The number of hydrogen-bond donors (Lipinski definition) is 1. The third kappa shape index (κ3) is 6.48. The molecule has 1 fully saturated rings. The van der Waals surface area contributed by atoms with E-state index in [1.165, 1.54) is 19.1 Å². The summed E-state index contributed by atoms with van der Waals surface area (Å²) < 4.78 is 77.5. The van der Waals surface area contributed by atoms with Gasteiger partial charge < -0.3 is 4.74 Å². The number of alkyl halides is 2. The molecule has 0 radical (unpaired) electrons. The van der Waals surface area contributed by atoms with Crippen molar-refractivity contribution in [2.24, 2.45) is 0 Å². The Morgan fingerprint density at radius 3 is 2.49 bits per heavy atom. The predicted molar refractivity (Wildman–Crippen MR) is 129 cm³/mol. The van der Waals surface area contributed by atoms with Gasteiger partial charge in [-0.2, -0.15) is 0 Å². The molecule has 2 aromatic carbocycles. The SMILES string of the molecule is CCS(=O)(=O)N[C@@H]1[C@H](Cc2cccc(-c3cccc(Cl)c3)c2F)N(C(=O)OC(C)(C)C)CC1(F)F. The molecule has 11 heteroatoms. The summed E-state index contributed by atoms with van der Waals surface area (Å²) >= 11 is 6.03. The molecule has 1 aliphatic heterocycles. The molecular weight excluding hydrogens is 505 g/mol. The lowest BCUT2D eigenvalue weighted by Crippen LogP contribution is -2.53. The average molecular weight is 533 g/mol. The van der Waals surface area contributed by atoms with Crippen molar-refractivity contribution in [1.82, 2.24) is 9.62 Å². The first kappa shape index (κ1) is 27.3. The summed E-state index contributed by atoms with van der Waals surface area (Å²) in [6.07, 6.45) is -1.40. The Kier molecular flexibility index (Phi) is 7.79. The molecular formula is C24H28ClF3N2O4S. The molecule has 35 heavy (non-hydrogen) atoms. The smallest absolute Gasteiger partial charge is 0.410 e. The highest BCUT2D eigenvalue weighted by atomic mass is 35.5. The van der Waals surface area contributed by atoms with Crippen molar-refractivity contribution in [1.29, 1.82) is 0 Å². The number of likely N-dealkylation sites (tertiary alicyclic amines) is 1. The third-order valence-corrected chi connectivity index (χ3v) is 7.19. The van der Waals surface area contributed by atoms with Crippen molar-refractivity contribution in [2.45, 2.75) is 57.7 Å². The summed E-state index contributed by atoms with van der Waals surface area (Å²) in [7, 11) is -4.07. The lowest BCUT2D eigenvalue weighted by atomic mass is 9.95. The van der Waals surface area contributed by atoms with Gasteiger partial charge >= 0.3 is 6.09 Å². The van der Waals surface area contributed by atoms with Crippen LogP contribution in [0.2, 0.25) is 5.02 Å². The van der Waals surface area contributed by atoms with Gasteiger partial charge in [-0.3, -0.25) is 4.90 Å². The summed E-state index contributed by atoms with van der Waals surface area (Å²) in [6, 6.07) is 7.65. The number of carbonyl (C=O) groups is 1. The number of carbonyl (C=O) groups excluding carboxylic acids is 1. The number of ether oxygens (including phenoxy) is 1. The highest BCUT2D eigenvalue weighted by Crippen LogP contribution is 2.37. The van der Waals surface area contributed by atoms with Crippen LogP contribution in [0.15, 0.2) is 42.5 Å². The van der Waals surface area contributed by atoms with Crippen LogP contribution < -0.4 is 4.72 Å². The van der Waals surface area contributed by atoms with Crippen LogP contribution in [-0.4, -0.2) is 55.3 Å². The van der Waals surface area contributed by atoms with E-state index in [2.05, 4.69) is 0 Å². The summed E-state index contributed by atoms with van der Waals surface area (Å²) in [6.45, 7) is 4.99.